The molecule has 7 nitrogen and oxygen atoms in total. The number of benzene rings is 2. The number of hydrogen-bond donors (Lipinski definition) is 2. The smallest absolute Gasteiger partial charge is 0.308 e. The molecule has 0 aromatic heterocycles. The Balaban J connectivity index is 1.74. The molecule has 220 valence electrons. The maximum absolute atomic E-state index is 14.6. The van der Waals surface area contributed by atoms with E-state index in [1.807, 2.05) is 18.2 Å². The van der Waals surface area contributed by atoms with Crippen LogP contribution in [0.5, 0.6) is 11.5 Å². The Bertz CT molecular complexity index is 1060. The molecule has 0 saturated carbocycles. The number of carbonyl (C=O) groups is 2. The minimum atomic E-state index is -0.563. The number of unbranched alkanes of at least 4 members (excludes halogenated alkanes) is 7. The Morgan fingerprint density at radius 1 is 0.950 bits per heavy atom. The second kappa shape index (κ2) is 18.8. The summed E-state index contributed by atoms with van der Waals surface area (Å²) in [6.45, 7) is 7.34. The molecule has 0 aliphatic heterocycles. The van der Waals surface area contributed by atoms with E-state index in [0.717, 1.165) is 24.0 Å². The molecule has 0 radical (unpaired) electrons. The second-order valence-corrected chi connectivity index (χ2v) is 10.0. The molecule has 40 heavy (non-hydrogen) atoms. The van der Waals surface area contributed by atoms with Crippen molar-refractivity contribution in [3.8, 4) is 22.6 Å². The van der Waals surface area contributed by atoms with Crippen LogP contribution in [0.3, 0.4) is 0 Å². The van der Waals surface area contributed by atoms with Crippen molar-refractivity contribution in [2.24, 2.45) is 5.92 Å². The van der Waals surface area contributed by atoms with Crippen molar-refractivity contribution in [2.45, 2.75) is 71.6 Å². The molecule has 0 bridgehead atoms. The molecule has 2 aromatic rings. The number of ether oxygens (including phenoxy) is 3. The molecule has 1 unspecified atom stereocenters. The van der Waals surface area contributed by atoms with Crippen LogP contribution in [-0.4, -0.2) is 43.5 Å². The van der Waals surface area contributed by atoms with Crippen molar-refractivity contribution in [1.29, 1.82) is 0 Å². The van der Waals surface area contributed by atoms with Gasteiger partial charge in [0.1, 0.15) is 5.75 Å². The van der Waals surface area contributed by atoms with E-state index in [0.29, 0.717) is 17.9 Å². The molecule has 0 aliphatic rings. The summed E-state index contributed by atoms with van der Waals surface area (Å²) < 4.78 is 31.0. The van der Waals surface area contributed by atoms with Crippen LogP contribution in [0.2, 0.25) is 0 Å². The average Bonchev–Trinajstić information content (AvgIpc) is 2.95. The molecule has 1 atom stereocenters. The van der Waals surface area contributed by atoms with E-state index in [1.165, 1.54) is 44.6 Å². The van der Waals surface area contributed by atoms with Gasteiger partial charge in [0.25, 0.3) is 0 Å². The molecule has 1 amide bonds. The number of esters is 1. The predicted molar refractivity (Wildman–Crippen MR) is 155 cm³/mol. The number of aliphatic hydroxyl groups excluding tert-OH is 1. The molecular formula is C32H44FNO6. The molecule has 0 saturated heterocycles. The molecule has 0 fully saturated rings. The van der Waals surface area contributed by atoms with Crippen LogP contribution >= 0.6 is 0 Å². The normalized spacial score (nSPS) is 11.5. The van der Waals surface area contributed by atoms with E-state index in [2.05, 4.69) is 18.8 Å². The van der Waals surface area contributed by atoms with Crippen molar-refractivity contribution in [2.75, 3.05) is 26.6 Å². The van der Waals surface area contributed by atoms with Crippen LogP contribution in [0.4, 0.5) is 4.39 Å². The first kappa shape index (κ1) is 32.8. The van der Waals surface area contributed by atoms with E-state index in [4.69, 9.17) is 14.2 Å². The summed E-state index contributed by atoms with van der Waals surface area (Å²) in [7, 11) is 0. The molecule has 2 rings (SSSR count). The van der Waals surface area contributed by atoms with E-state index in [9.17, 15) is 19.1 Å². The minimum Gasteiger partial charge on any atom is -0.493 e. The van der Waals surface area contributed by atoms with Crippen molar-refractivity contribution in [1.82, 2.24) is 5.32 Å². The average molecular weight is 558 g/mol. The van der Waals surface area contributed by atoms with Gasteiger partial charge in [-0.2, -0.15) is 0 Å². The zero-order valence-corrected chi connectivity index (χ0v) is 23.9. The Hall–Kier alpha value is -3.39. The lowest BCUT2D eigenvalue weighted by atomic mass is 10.1. The summed E-state index contributed by atoms with van der Waals surface area (Å²) in [5.74, 6) is -1.02. The third kappa shape index (κ3) is 12.6. The van der Waals surface area contributed by atoms with Gasteiger partial charge in [0.2, 0.25) is 5.91 Å². The van der Waals surface area contributed by atoms with Gasteiger partial charge in [-0.05, 0) is 48.7 Å². The molecular weight excluding hydrogens is 513 g/mol. The van der Waals surface area contributed by atoms with E-state index in [-0.39, 0.29) is 32.1 Å². The van der Waals surface area contributed by atoms with Gasteiger partial charge in [0, 0.05) is 18.1 Å². The van der Waals surface area contributed by atoms with Gasteiger partial charge in [0.05, 0.1) is 19.6 Å². The van der Waals surface area contributed by atoms with Crippen molar-refractivity contribution >= 4 is 11.9 Å². The lowest BCUT2D eigenvalue weighted by molar-refractivity contribution is -0.146. The van der Waals surface area contributed by atoms with Gasteiger partial charge in [-0.3, -0.25) is 9.59 Å². The van der Waals surface area contributed by atoms with E-state index in [1.54, 1.807) is 25.1 Å². The Kier molecular flexibility index (Phi) is 15.4. The van der Waals surface area contributed by atoms with Crippen LogP contribution in [-0.2, 0) is 14.3 Å². The fraction of sp³-hybridized carbons (Fsp3) is 0.500. The number of aliphatic hydroxyl groups is 1. The van der Waals surface area contributed by atoms with Crippen LogP contribution < -0.4 is 14.8 Å². The molecule has 8 heteroatoms. The first-order valence-corrected chi connectivity index (χ1v) is 14.2. The topological polar surface area (TPSA) is 94.1 Å². The van der Waals surface area contributed by atoms with E-state index >= 15 is 0 Å². The molecule has 0 spiro atoms. The van der Waals surface area contributed by atoms with Gasteiger partial charge in [-0.1, -0.05) is 76.6 Å². The number of amides is 1. The van der Waals surface area contributed by atoms with Crippen molar-refractivity contribution in [3.63, 3.8) is 0 Å². The first-order valence-electron chi connectivity index (χ1n) is 14.2. The van der Waals surface area contributed by atoms with Crippen molar-refractivity contribution < 1.29 is 33.3 Å². The minimum absolute atomic E-state index is 0.0652. The van der Waals surface area contributed by atoms with Gasteiger partial charge in [0.15, 0.2) is 18.3 Å². The van der Waals surface area contributed by atoms with Gasteiger partial charge in [-0.25, -0.2) is 4.39 Å². The SMILES string of the molecule is C=C(C)C(=O)NCOC(=O)CC(CO)COc1ccc(-c2ccc(OCCCCCCCCCC)c(F)c2)cc1. The molecule has 0 aliphatic carbocycles. The summed E-state index contributed by atoms with van der Waals surface area (Å²) in [6.07, 6.45) is 9.56. The molecule has 0 heterocycles. The summed E-state index contributed by atoms with van der Waals surface area (Å²) in [6, 6.07) is 12.1. The van der Waals surface area contributed by atoms with Crippen molar-refractivity contribution in [3.05, 3.63) is 60.4 Å². The third-order valence-electron chi connectivity index (χ3n) is 6.43. The highest BCUT2D eigenvalue weighted by molar-refractivity contribution is 5.92. The second-order valence-electron chi connectivity index (χ2n) is 10.0. The Labute approximate surface area is 237 Å². The number of nitrogens with one attached hydrogen (secondary N) is 1. The lowest BCUT2D eigenvalue weighted by Gasteiger charge is -2.15. The highest BCUT2D eigenvalue weighted by Crippen LogP contribution is 2.27. The Morgan fingerprint density at radius 3 is 2.23 bits per heavy atom. The third-order valence-corrected chi connectivity index (χ3v) is 6.43. The van der Waals surface area contributed by atoms with Gasteiger partial charge in [-0.15, -0.1) is 0 Å². The van der Waals surface area contributed by atoms with Crippen LogP contribution in [0.25, 0.3) is 11.1 Å². The van der Waals surface area contributed by atoms with E-state index < -0.39 is 23.6 Å². The zero-order valence-electron chi connectivity index (χ0n) is 23.9. The summed E-state index contributed by atoms with van der Waals surface area (Å²) in [5, 5.41) is 12.0. The quantitative estimate of drug-likeness (QED) is 0.0826. The summed E-state index contributed by atoms with van der Waals surface area (Å²) in [5.41, 5.74) is 1.85. The fourth-order valence-electron chi connectivity index (χ4n) is 3.98. The van der Waals surface area contributed by atoms with Crippen LogP contribution in [0.1, 0.15) is 71.6 Å². The molecule has 2 aromatic carbocycles. The number of halogens is 1. The monoisotopic (exact) mass is 557 g/mol. The first-order chi connectivity index (χ1) is 19.3. The highest BCUT2D eigenvalue weighted by atomic mass is 19.1. The van der Waals surface area contributed by atoms with Crippen LogP contribution in [0, 0.1) is 11.7 Å². The highest BCUT2D eigenvalue weighted by Gasteiger charge is 2.16. The summed E-state index contributed by atoms with van der Waals surface area (Å²) >= 11 is 0. The number of hydrogen-bond acceptors (Lipinski definition) is 6. The van der Waals surface area contributed by atoms with Gasteiger partial charge < -0.3 is 24.6 Å². The maximum atomic E-state index is 14.6. The standard InChI is InChI=1S/C32H44FNO6/c1-4-5-6-7-8-9-10-11-18-38-30-17-14-27(20-29(30)33)26-12-15-28(16-13-26)39-22-25(21-35)19-31(36)40-23-34-32(37)24(2)3/h12-17,20,25,35H,2,4-11,18-19,21-23H2,1,3H3,(H,34,37). The fourth-order valence-corrected chi connectivity index (χ4v) is 3.98. The largest absolute Gasteiger partial charge is 0.493 e. The maximum Gasteiger partial charge on any atom is 0.308 e. The predicted octanol–water partition coefficient (Wildman–Crippen LogP) is 6.58. The summed E-state index contributed by atoms with van der Waals surface area (Å²) in [4.78, 5) is 23.4. The zero-order chi connectivity index (χ0) is 29.2. The number of carbonyl (C=O) groups excluding carboxylic acids is 2. The Morgan fingerprint density at radius 2 is 1.60 bits per heavy atom. The lowest BCUT2D eigenvalue weighted by Crippen LogP contribution is -2.29. The number of rotatable bonds is 20. The van der Waals surface area contributed by atoms with Crippen LogP contribution in [0.15, 0.2) is 54.6 Å². The molecule has 2 N–H and O–H groups in total. The van der Waals surface area contributed by atoms with Gasteiger partial charge >= 0.3 is 5.97 Å².